The lowest BCUT2D eigenvalue weighted by molar-refractivity contribution is 0.272. The van der Waals surface area contributed by atoms with Gasteiger partial charge in [0.15, 0.2) is 11.5 Å². The highest BCUT2D eigenvalue weighted by molar-refractivity contribution is 9.08. The van der Waals surface area contributed by atoms with Crippen LogP contribution in [0, 0.1) is 0 Å². The average Bonchev–Trinajstić information content (AvgIpc) is 2.30. The van der Waals surface area contributed by atoms with Crippen molar-refractivity contribution in [3.63, 3.8) is 0 Å². The summed E-state index contributed by atoms with van der Waals surface area (Å²) in [5.74, 6) is 1.19. The number of alkyl halides is 2. The molecule has 0 atom stereocenters. The highest BCUT2D eigenvalue weighted by Gasteiger charge is 2.11. The van der Waals surface area contributed by atoms with E-state index in [0.29, 0.717) is 34.9 Å². The maximum absolute atomic E-state index is 12.0. The van der Waals surface area contributed by atoms with E-state index in [0.717, 1.165) is 5.56 Å². The Balaban J connectivity index is 2.93. The van der Waals surface area contributed by atoms with Crippen molar-refractivity contribution in [1.29, 1.82) is 0 Å². The van der Waals surface area contributed by atoms with Gasteiger partial charge in [-0.1, -0.05) is 27.5 Å². The fraction of sp³-hybridized carbons (Fsp3) is 0.455. The number of ether oxygens (including phenoxy) is 2. The summed E-state index contributed by atoms with van der Waals surface area (Å²) in [4.78, 5) is 0. The number of halogens is 3. The van der Waals surface area contributed by atoms with Gasteiger partial charge in [-0.15, -0.1) is 0 Å². The molecule has 1 aromatic rings. The van der Waals surface area contributed by atoms with Gasteiger partial charge in [-0.25, -0.2) is 0 Å². The molecule has 0 spiro atoms. The highest BCUT2D eigenvalue weighted by Crippen LogP contribution is 2.35. The fourth-order valence-electron chi connectivity index (χ4n) is 1.27. The lowest BCUT2D eigenvalue weighted by Crippen LogP contribution is -2.02. The van der Waals surface area contributed by atoms with Crippen LogP contribution in [0.5, 0.6) is 11.5 Å². The van der Waals surface area contributed by atoms with Crippen molar-refractivity contribution in [2.75, 3.05) is 20.4 Å². The second kappa shape index (κ2) is 6.97. The number of methoxy groups -OCH3 is 1. The second-order valence-electron chi connectivity index (χ2n) is 3.12. The van der Waals surface area contributed by atoms with E-state index in [1.165, 1.54) is 0 Å². The summed E-state index contributed by atoms with van der Waals surface area (Å²) in [6.07, 6.45) is 0.369. The number of hydrogen-bond acceptors (Lipinski definition) is 2. The molecule has 5 heteroatoms. The first-order valence-electron chi connectivity index (χ1n) is 4.84. The number of hydrogen-bond donors (Lipinski definition) is 0. The van der Waals surface area contributed by atoms with Crippen LogP contribution < -0.4 is 9.47 Å². The minimum Gasteiger partial charge on any atom is -0.493 e. The van der Waals surface area contributed by atoms with E-state index in [9.17, 15) is 4.39 Å². The first kappa shape index (κ1) is 13.6. The molecule has 0 fully saturated rings. The smallest absolute Gasteiger partial charge is 0.165 e. The van der Waals surface area contributed by atoms with Crippen LogP contribution in [-0.4, -0.2) is 20.4 Å². The first-order valence-corrected chi connectivity index (χ1v) is 6.34. The Bertz CT molecular complexity index is 322. The van der Waals surface area contributed by atoms with Crippen molar-refractivity contribution >= 4 is 27.5 Å². The Morgan fingerprint density at radius 2 is 2.19 bits per heavy atom. The van der Waals surface area contributed by atoms with E-state index in [4.69, 9.17) is 21.1 Å². The average molecular weight is 312 g/mol. The predicted octanol–water partition coefficient (Wildman–Crippen LogP) is 3.98. The molecule has 2 nitrogen and oxygen atoms in total. The zero-order chi connectivity index (χ0) is 12.0. The SMILES string of the molecule is COc1cc(Cl)cc(CBr)c1OCCCF. The van der Waals surface area contributed by atoms with E-state index >= 15 is 0 Å². The van der Waals surface area contributed by atoms with Crippen LogP contribution in [0.2, 0.25) is 5.02 Å². The molecule has 0 unspecified atom stereocenters. The standard InChI is InChI=1S/C11H13BrClFO2/c1-15-10-6-9(13)5-8(7-12)11(10)16-4-2-3-14/h5-6H,2-4,7H2,1H3. The zero-order valence-corrected chi connectivity index (χ0v) is 11.3. The van der Waals surface area contributed by atoms with Crippen molar-refractivity contribution in [3.8, 4) is 11.5 Å². The topological polar surface area (TPSA) is 18.5 Å². The predicted molar refractivity (Wildman–Crippen MR) is 66.7 cm³/mol. The van der Waals surface area contributed by atoms with Gasteiger partial charge in [0, 0.05) is 28.4 Å². The molecular formula is C11H13BrClFO2. The lowest BCUT2D eigenvalue weighted by atomic mass is 10.2. The van der Waals surface area contributed by atoms with Crippen LogP contribution in [0.4, 0.5) is 4.39 Å². The Labute approximate surface area is 108 Å². The molecule has 0 aromatic heterocycles. The van der Waals surface area contributed by atoms with Crippen LogP contribution >= 0.6 is 27.5 Å². The van der Waals surface area contributed by atoms with Gasteiger partial charge in [0.05, 0.1) is 20.4 Å². The van der Waals surface area contributed by atoms with Gasteiger partial charge in [-0.3, -0.25) is 4.39 Å². The summed E-state index contributed by atoms with van der Waals surface area (Å²) < 4.78 is 22.7. The molecule has 0 aliphatic carbocycles. The summed E-state index contributed by atoms with van der Waals surface area (Å²) >= 11 is 9.27. The Hall–Kier alpha value is -0.480. The molecule has 90 valence electrons. The molecule has 0 N–H and O–H groups in total. The van der Waals surface area contributed by atoms with Crippen molar-refractivity contribution in [3.05, 3.63) is 22.7 Å². The Kier molecular flexibility index (Phi) is 5.91. The Morgan fingerprint density at radius 1 is 1.44 bits per heavy atom. The third kappa shape index (κ3) is 3.52. The first-order chi connectivity index (χ1) is 7.72. The quantitative estimate of drug-likeness (QED) is 0.584. The normalized spacial score (nSPS) is 10.2. The molecule has 0 amide bonds. The van der Waals surface area contributed by atoms with Gasteiger partial charge in [0.25, 0.3) is 0 Å². The fourth-order valence-corrected chi connectivity index (χ4v) is 1.91. The summed E-state index contributed by atoms with van der Waals surface area (Å²) in [5, 5.41) is 1.19. The van der Waals surface area contributed by atoms with Crippen molar-refractivity contribution in [2.24, 2.45) is 0 Å². The highest BCUT2D eigenvalue weighted by atomic mass is 79.9. The van der Waals surface area contributed by atoms with Gasteiger partial charge >= 0.3 is 0 Å². The molecule has 0 heterocycles. The van der Waals surface area contributed by atoms with Crippen molar-refractivity contribution in [1.82, 2.24) is 0 Å². The largest absolute Gasteiger partial charge is 0.493 e. The van der Waals surface area contributed by atoms with Crippen LogP contribution in [-0.2, 0) is 5.33 Å². The van der Waals surface area contributed by atoms with Crippen LogP contribution in [0.1, 0.15) is 12.0 Å². The maximum Gasteiger partial charge on any atom is 0.165 e. The molecule has 1 rings (SSSR count). The molecule has 0 bridgehead atoms. The lowest BCUT2D eigenvalue weighted by Gasteiger charge is -2.14. The molecular weight excluding hydrogens is 298 g/mol. The molecule has 0 aliphatic heterocycles. The van der Waals surface area contributed by atoms with Crippen LogP contribution in [0.25, 0.3) is 0 Å². The maximum atomic E-state index is 12.0. The van der Waals surface area contributed by atoms with E-state index in [1.54, 1.807) is 19.2 Å². The van der Waals surface area contributed by atoms with E-state index in [1.807, 2.05) is 0 Å². The Morgan fingerprint density at radius 3 is 2.75 bits per heavy atom. The number of benzene rings is 1. The third-order valence-corrected chi connectivity index (χ3v) is 2.81. The summed E-state index contributed by atoms with van der Waals surface area (Å²) in [6.45, 7) is -0.0615. The van der Waals surface area contributed by atoms with E-state index in [-0.39, 0.29) is 6.67 Å². The zero-order valence-electron chi connectivity index (χ0n) is 8.93. The van der Waals surface area contributed by atoms with Crippen LogP contribution in [0.3, 0.4) is 0 Å². The van der Waals surface area contributed by atoms with Gasteiger partial charge in [-0.2, -0.15) is 0 Å². The van der Waals surface area contributed by atoms with E-state index < -0.39 is 0 Å². The third-order valence-electron chi connectivity index (χ3n) is 1.98. The summed E-state index contributed by atoms with van der Waals surface area (Å²) in [5.41, 5.74) is 0.892. The van der Waals surface area contributed by atoms with Gasteiger partial charge in [-0.05, 0) is 6.07 Å². The summed E-state index contributed by atoms with van der Waals surface area (Å²) in [6, 6.07) is 3.47. The molecule has 0 saturated heterocycles. The molecule has 0 aliphatic rings. The van der Waals surface area contributed by atoms with Crippen molar-refractivity contribution < 1.29 is 13.9 Å². The van der Waals surface area contributed by atoms with Gasteiger partial charge < -0.3 is 9.47 Å². The molecule has 0 saturated carbocycles. The summed E-state index contributed by atoms with van der Waals surface area (Å²) in [7, 11) is 1.55. The second-order valence-corrected chi connectivity index (χ2v) is 4.12. The molecule has 0 radical (unpaired) electrons. The minimum absolute atomic E-state index is 0.328. The number of rotatable bonds is 6. The molecule has 1 aromatic carbocycles. The van der Waals surface area contributed by atoms with E-state index in [2.05, 4.69) is 15.9 Å². The van der Waals surface area contributed by atoms with Crippen molar-refractivity contribution in [2.45, 2.75) is 11.8 Å². The molecule has 16 heavy (non-hydrogen) atoms. The minimum atomic E-state index is -0.389. The monoisotopic (exact) mass is 310 g/mol. The van der Waals surface area contributed by atoms with Gasteiger partial charge in [0.2, 0.25) is 0 Å². The van der Waals surface area contributed by atoms with Gasteiger partial charge in [0.1, 0.15) is 0 Å². The van der Waals surface area contributed by atoms with Crippen LogP contribution in [0.15, 0.2) is 12.1 Å².